The van der Waals surface area contributed by atoms with E-state index in [0.29, 0.717) is 22.6 Å². The zero-order chi connectivity index (χ0) is 33.5. The van der Waals surface area contributed by atoms with Crippen molar-refractivity contribution in [1.29, 1.82) is 0 Å². The van der Waals surface area contributed by atoms with Crippen LogP contribution in [0, 0.1) is 0 Å². The number of fused-ring (bicyclic) bond motifs is 1. The third-order valence-corrected chi connectivity index (χ3v) is 9.17. The Kier molecular flexibility index (Phi) is 15.4. The minimum absolute atomic E-state index is 0. The Hall–Kier alpha value is -3.19. The SMILES string of the molecule is C=COOSc1ccc(N=Nc2c(SOO[O-])cc3cc(S(=O)(=O)[O-])c(N=Nc4ccc(S(=O)(=O)C=C)cc4)c(N)c3c2O)cc1.[Li+].[Li+]. The zero-order valence-electron chi connectivity index (χ0n) is 24.9. The van der Waals surface area contributed by atoms with E-state index in [-0.39, 0.29) is 69.7 Å². The van der Waals surface area contributed by atoms with E-state index >= 15 is 0 Å². The van der Waals surface area contributed by atoms with Crippen molar-refractivity contribution >= 4 is 83.3 Å². The molecule has 0 aliphatic carbocycles. The summed E-state index contributed by atoms with van der Waals surface area (Å²) in [6.45, 7) is 6.59. The summed E-state index contributed by atoms with van der Waals surface area (Å²) in [5.41, 5.74) is 5.27. The van der Waals surface area contributed by atoms with E-state index in [0.717, 1.165) is 29.8 Å². The Balaban J connectivity index is 0.00000400. The van der Waals surface area contributed by atoms with Gasteiger partial charge >= 0.3 is 37.7 Å². The van der Waals surface area contributed by atoms with E-state index in [1.54, 1.807) is 24.3 Å². The summed E-state index contributed by atoms with van der Waals surface area (Å²) in [6.07, 6.45) is 1.10. The van der Waals surface area contributed by atoms with Gasteiger partial charge in [-0.1, -0.05) is 13.2 Å². The van der Waals surface area contributed by atoms with Gasteiger partial charge in [-0.15, -0.1) is 14.6 Å². The largest absolute Gasteiger partial charge is 1.00 e. The van der Waals surface area contributed by atoms with Crippen LogP contribution < -0.4 is 48.7 Å². The normalized spacial score (nSPS) is 11.7. The van der Waals surface area contributed by atoms with Crippen LogP contribution in [0.4, 0.5) is 28.4 Å². The van der Waals surface area contributed by atoms with Crippen molar-refractivity contribution in [3.63, 3.8) is 0 Å². The molecule has 0 aliphatic rings. The Morgan fingerprint density at radius 1 is 0.833 bits per heavy atom. The molecular weight excluding hydrogens is 700 g/mol. The minimum Gasteiger partial charge on any atom is -0.744 e. The van der Waals surface area contributed by atoms with Gasteiger partial charge < -0.3 is 25.5 Å². The van der Waals surface area contributed by atoms with Crippen LogP contribution in [-0.4, -0.2) is 26.5 Å². The topological polar surface area (TPSA) is 247 Å². The van der Waals surface area contributed by atoms with E-state index in [1.165, 1.54) is 30.3 Å². The molecule has 0 spiro atoms. The van der Waals surface area contributed by atoms with Crippen LogP contribution in [0.1, 0.15) is 0 Å². The fourth-order valence-electron chi connectivity index (χ4n) is 3.68. The van der Waals surface area contributed by atoms with Crippen LogP contribution in [0.25, 0.3) is 10.8 Å². The van der Waals surface area contributed by atoms with Crippen molar-refractivity contribution in [2.75, 3.05) is 5.73 Å². The minimum atomic E-state index is -5.23. The number of azo groups is 2. The quantitative estimate of drug-likeness (QED) is 0.0202. The molecule has 0 unspecified atom stereocenters. The Labute approximate surface area is 306 Å². The maximum absolute atomic E-state index is 12.2. The second-order valence-electron chi connectivity index (χ2n) is 8.49. The molecular formula is C26H19Li2N5O11S4. The van der Waals surface area contributed by atoms with Crippen LogP contribution in [0.5, 0.6) is 5.75 Å². The number of sulfone groups is 1. The summed E-state index contributed by atoms with van der Waals surface area (Å²) in [6, 6.07) is 13.5. The smallest absolute Gasteiger partial charge is 0.744 e. The third kappa shape index (κ3) is 9.93. The molecule has 0 saturated heterocycles. The predicted molar refractivity (Wildman–Crippen MR) is 163 cm³/mol. The molecule has 3 N–H and O–H groups in total. The molecule has 0 bridgehead atoms. The Bertz CT molecular complexity index is 2070. The average molecular weight is 720 g/mol. The molecule has 22 heteroatoms. The second-order valence-corrected chi connectivity index (χ2v) is 13.3. The molecule has 0 fully saturated rings. The predicted octanol–water partition coefficient (Wildman–Crippen LogP) is 0.117. The number of benzene rings is 4. The molecule has 240 valence electrons. The fourth-order valence-corrected chi connectivity index (χ4v) is 5.96. The van der Waals surface area contributed by atoms with Gasteiger partial charge in [-0.25, -0.2) is 16.8 Å². The molecule has 0 amide bonds. The average Bonchev–Trinajstić information content (AvgIpc) is 3.03. The molecule has 4 aromatic rings. The zero-order valence-corrected chi connectivity index (χ0v) is 28.1. The van der Waals surface area contributed by atoms with Crippen molar-refractivity contribution in [3.05, 3.63) is 85.5 Å². The maximum atomic E-state index is 12.2. The summed E-state index contributed by atoms with van der Waals surface area (Å²) < 4.78 is 69.8. The molecule has 48 heavy (non-hydrogen) atoms. The molecule has 4 aromatic carbocycles. The van der Waals surface area contributed by atoms with Crippen molar-refractivity contribution in [3.8, 4) is 5.75 Å². The van der Waals surface area contributed by atoms with Crippen molar-refractivity contribution < 1.29 is 88.1 Å². The number of phenols is 1. The number of rotatable bonds is 14. The number of nitrogens with two attached hydrogens (primary N) is 1. The van der Waals surface area contributed by atoms with Gasteiger partial charge in [0.25, 0.3) is 0 Å². The number of aromatic hydroxyl groups is 1. The molecule has 0 heterocycles. The van der Waals surface area contributed by atoms with Gasteiger partial charge in [0.15, 0.2) is 15.6 Å². The number of anilines is 1. The molecule has 0 aromatic heterocycles. The van der Waals surface area contributed by atoms with Gasteiger partial charge in [0, 0.05) is 10.3 Å². The summed E-state index contributed by atoms with van der Waals surface area (Å²) in [5.74, 6) is -0.650. The van der Waals surface area contributed by atoms with Crippen LogP contribution in [0.15, 0.2) is 126 Å². The van der Waals surface area contributed by atoms with Gasteiger partial charge in [-0.05, 0) is 66.0 Å². The van der Waals surface area contributed by atoms with E-state index < -0.39 is 42.0 Å². The first-order valence-electron chi connectivity index (χ1n) is 12.1. The first kappa shape index (κ1) is 41.0. The second kappa shape index (κ2) is 18.0. The van der Waals surface area contributed by atoms with Gasteiger partial charge in [0.1, 0.15) is 27.8 Å². The maximum Gasteiger partial charge on any atom is 1.00 e. The van der Waals surface area contributed by atoms with Crippen LogP contribution >= 0.6 is 24.1 Å². The summed E-state index contributed by atoms with van der Waals surface area (Å²) in [4.78, 5) is 4.17. The Morgan fingerprint density at radius 2 is 1.42 bits per heavy atom. The van der Waals surface area contributed by atoms with E-state index in [1.807, 2.05) is 0 Å². The summed E-state index contributed by atoms with van der Waals surface area (Å²) >= 11 is 1.21. The van der Waals surface area contributed by atoms with Gasteiger partial charge in [0.05, 0.1) is 61.2 Å². The number of nitrogen functional groups attached to an aromatic ring is 1. The first-order valence-corrected chi connectivity index (χ1v) is 16.6. The molecule has 16 nitrogen and oxygen atoms in total. The number of hydrogen-bond acceptors (Lipinski definition) is 18. The molecule has 0 aliphatic heterocycles. The van der Waals surface area contributed by atoms with E-state index in [2.05, 4.69) is 47.9 Å². The van der Waals surface area contributed by atoms with E-state index in [9.17, 15) is 31.8 Å². The summed E-state index contributed by atoms with van der Waals surface area (Å²) in [7, 11) is -8.95. The number of nitrogens with zero attached hydrogens (tertiary/aromatic N) is 4. The van der Waals surface area contributed by atoms with E-state index in [4.69, 9.17) is 10.1 Å². The third-order valence-electron chi connectivity index (χ3n) is 5.73. The van der Waals surface area contributed by atoms with Crippen LogP contribution in [0.2, 0.25) is 0 Å². The Morgan fingerprint density at radius 3 is 1.96 bits per heavy atom. The molecule has 0 radical (unpaired) electrons. The summed E-state index contributed by atoms with van der Waals surface area (Å²) in [5, 5.41) is 41.5. The monoisotopic (exact) mass is 719 g/mol. The van der Waals surface area contributed by atoms with Gasteiger partial charge in [0.2, 0.25) is 0 Å². The number of phenolic OH excluding ortho intramolecular Hbond substituents is 1. The van der Waals surface area contributed by atoms with Crippen molar-refractivity contribution in [2.24, 2.45) is 20.5 Å². The van der Waals surface area contributed by atoms with Crippen molar-refractivity contribution in [2.45, 2.75) is 19.6 Å². The van der Waals surface area contributed by atoms with Crippen molar-refractivity contribution in [1.82, 2.24) is 0 Å². The standard InChI is InChI=1S/C26H21N5O11S4.2Li/c1-3-39-41-43-18-9-5-16(6-10-18)28-30-24-20(44-42-40-33)13-15-14-21(46(36,37)38)25(23(27)22(15)26(24)32)31-29-17-7-11-19(12-8-17)45(34,35)4-2;;/h3-14,32-33H,1-2,27H2,(H,36,37,38);;/q;2*+1/p-2. The molecule has 0 saturated carbocycles. The number of hydrogen-bond donors (Lipinski definition) is 2. The van der Waals surface area contributed by atoms with Gasteiger partial charge in [-0.3, -0.25) is 5.04 Å². The molecule has 4 rings (SSSR count). The van der Waals surface area contributed by atoms with Crippen LogP contribution in [-0.2, 0) is 38.5 Å². The fraction of sp³-hybridized carbons (Fsp3) is 0. The van der Waals surface area contributed by atoms with Crippen LogP contribution in [0.3, 0.4) is 0 Å². The molecule has 0 atom stereocenters. The van der Waals surface area contributed by atoms with Gasteiger partial charge in [-0.2, -0.15) is 14.6 Å². The first-order chi connectivity index (χ1) is 21.9.